The van der Waals surface area contributed by atoms with E-state index in [2.05, 4.69) is 30.9 Å². The Morgan fingerprint density at radius 1 is 1.14 bits per heavy atom. The molecule has 0 N–H and O–H groups in total. The van der Waals surface area contributed by atoms with E-state index in [4.69, 9.17) is 9.47 Å². The van der Waals surface area contributed by atoms with Crippen LogP contribution >= 0.6 is 0 Å². The van der Waals surface area contributed by atoms with Gasteiger partial charge in [0, 0.05) is 31.9 Å². The molecule has 29 heavy (non-hydrogen) atoms. The van der Waals surface area contributed by atoms with Crippen LogP contribution in [0.5, 0.6) is 11.5 Å². The Morgan fingerprint density at radius 3 is 2.52 bits per heavy atom. The number of methoxy groups -OCH3 is 1. The van der Waals surface area contributed by atoms with Crippen molar-refractivity contribution in [2.45, 2.75) is 13.8 Å². The molecule has 3 rings (SSSR count). The van der Waals surface area contributed by atoms with Gasteiger partial charge in [0.15, 0.2) is 12.4 Å². The van der Waals surface area contributed by atoms with Gasteiger partial charge in [-0.1, -0.05) is 12.1 Å². The van der Waals surface area contributed by atoms with E-state index in [1.165, 1.54) is 36.1 Å². The van der Waals surface area contributed by atoms with E-state index in [1.54, 1.807) is 11.0 Å². The van der Waals surface area contributed by atoms with E-state index in [0.717, 1.165) is 13.1 Å². The molecule has 0 aliphatic carbocycles. The van der Waals surface area contributed by atoms with E-state index in [0.29, 0.717) is 18.8 Å². The van der Waals surface area contributed by atoms with Gasteiger partial charge in [0.1, 0.15) is 5.75 Å². The molecule has 1 aliphatic heterocycles. The van der Waals surface area contributed by atoms with E-state index in [9.17, 15) is 14.9 Å². The molecule has 0 saturated carbocycles. The molecule has 0 spiro atoms. The van der Waals surface area contributed by atoms with E-state index in [1.807, 2.05) is 6.07 Å². The predicted octanol–water partition coefficient (Wildman–Crippen LogP) is 2.95. The lowest BCUT2D eigenvalue weighted by Gasteiger charge is -2.37. The number of anilines is 1. The zero-order valence-corrected chi connectivity index (χ0v) is 16.9. The van der Waals surface area contributed by atoms with Crippen LogP contribution in [0.4, 0.5) is 11.4 Å². The second kappa shape index (κ2) is 8.81. The SMILES string of the molecule is COc1ccc(OCC(=O)N2CCN(c3cccc(C)c3C)CC2)c([N+](=O)[O-])c1. The molecule has 1 saturated heterocycles. The molecule has 154 valence electrons. The Morgan fingerprint density at radius 2 is 1.86 bits per heavy atom. The molecule has 0 radical (unpaired) electrons. The van der Waals surface area contributed by atoms with Crippen LogP contribution in [-0.2, 0) is 4.79 Å². The third-order valence-corrected chi connectivity index (χ3v) is 5.26. The van der Waals surface area contributed by atoms with Gasteiger partial charge in [-0.25, -0.2) is 0 Å². The van der Waals surface area contributed by atoms with Crippen molar-refractivity contribution >= 4 is 17.3 Å². The molecule has 0 aromatic heterocycles. The monoisotopic (exact) mass is 399 g/mol. The molecule has 1 heterocycles. The Balaban J connectivity index is 1.58. The molecule has 1 aliphatic rings. The number of carbonyl (C=O) groups is 1. The van der Waals surface area contributed by atoms with Crippen molar-refractivity contribution in [2.75, 3.05) is 44.8 Å². The Kier molecular flexibility index (Phi) is 6.21. The standard InChI is InChI=1S/C21H25N3O5/c1-15-5-4-6-18(16(15)2)22-9-11-23(12-10-22)21(25)14-29-20-8-7-17(28-3)13-19(20)24(26)27/h4-8,13H,9-12,14H2,1-3H3. The highest BCUT2D eigenvalue weighted by atomic mass is 16.6. The van der Waals surface area contributed by atoms with Crippen molar-refractivity contribution in [3.63, 3.8) is 0 Å². The maximum Gasteiger partial charge on any atom is 0.314 e. The topological polar surface area (TPSA) is 85.2 Å². The minimum atomic E-state index is -0.550. The summed E-state index contributed by atoms with van der Waals surface area (Å²) in [5, 5.41) is 11.2. The number of carbonyl (C=O) groups excluding carboxylic acids is 1. The second-order valence-electron chi connectivity index (χ2n) is 6.97. The molecule has 0 atom stereocenters. The molecule has 1 fully saturated rings. The number of rotatable bonds is 6. The number of nitrogens with zero attached hydrogens (tertiary/aromatic N) is 3. The highest BCUT2D eigenvalue weighted by Gasteiger charge is 2.24. The van der Waals surface area contributed by atoms with Gasteiger partial charge < -0.3 is 19.3 Å². The average molecular weight is 399 g/mol. The summed E-state index contributed by atoms with van der Waals surface area (Å²) >= 11 is 0. The van der Waals surface area contributed by atoms with Crippen molar-refractivity contribution in [1.82, 2.24) is 4.90 Å². The molecule has 2 aromatic rings. The van der Waals surface area contributed by atoms with Gasteiger partial charge in [-0.3, -0.25) is 14.9 Å². The van der Waals surface area contributed by atoms with Crippen LogP contribution in [0.15, 0.2) is 36.4 Å². The fourth-order valence-corrected chi connectivity index (χ4v) is 3.39. The van der Waals surface area contributed by atoms with Gasteiger partial charge in [0.2, 0.25) is 0 Å². The first-order chi connectivity index (χ1) is 13.9. The summed E-state index contributed by atoms with van der Waals surface area (Å²) in [6, 6.07) is 10.5. The van der Waals surface area contributed by atoms with E-state index in [-0.39, 0.29) is 24.0 Å². The molecule has 0 bridgehead atoms. The quantitative estimate of drug-likeness (QED) is 0.548. The minimum Gasteiger partial charge on any atom is -0.496 e. The number of nitro groups is 1. The number of piperazine rings is 1. The second-order valence-corrected chi connectivity index (χ2v) is 6.97. The number of benzene rings is 2. The summed E-state index contributed by atoms with van der Waals surface area (Å²) in [6.45, 7) is 6.60. The van der Waals surface area contributed by atoms with Crippen LogP contribution in [0.2, 0.25) is 0 Å². The summed E-state index contributed by atoms with van der Waals surface area (Å²) in [4.78, 5) is 27.2. The van der Waals surface area contributed by atoms with Crippen molar-refractivity contribution in [2.24, 2.45) is 0 Å². The van der Waals surface area contributed by atoms with Crippen molar-refractivity contribution in [3.8, 4) is 11.5 Å². The molecular formula is C21H25N3O5. The zero-order chi connectivity index (χ0) is 21.0. The Hall–Kier alpha value is -3.29. The third kappa shape index (κ3) is 4.59. The third-order valence-electron chi connectivity index (χ3n) is 5.26. The molecule has 8 heteroatoms. The van der Waals surface area contributed by atoms with E-state index < -0.39 is 4.92 Å². The molecule has 0 unspecified atom stereocenters. The number of hydrogen-bond donors (Lipinski definition) is 0. The zero-order valence-electron chi connectivity index (χ0n) is 16.9. The van der Waals surface area contributed by atoms with Crippen LogP contribution in [-0.4, -0.2) is 55.6 Å². The maximum absolute atomic E-state index is 12.5. The molecule has 2 aromatic carbocycles. The number of ether oxygens (including phenoxy) is 2. The summed E-state index contributed by atoms with van der Waals surface area (Å²) in [6.07, 6.45) is 0. The lowest BCUT2D eigenvalue weighted by atomic mass is 10.1. The van der Waals surface area contributed by atoms with Gasteiger partial charge >= 0.3 is 5.69 Å². The number of nitro benzene ring substituents is 1. The van der Waals surface area contributed by atoms with Crippen LogP contribution in [0, 0.1) is 24.0 Å². The smallest absolute Gasteiger partial charge is 0.314 e. The molecule has 8 nitrogen and oxygen atoms in total. The van der Waals surface area contributed by atoms with Gasteiger partial charge in [-0.2, -0.15) is 0 Å². The normalized spacial score (nSPS) is 13.9. The van der Waals surface area contributed by atoms with Crippen LogP contribution in [0.25, 0.3) is 0 Å². The summed E-state index contributed by atoms with van der Waals surface area (Å²) in [5.74, 6) is 0.229. The van der Waals surface area contributed by atoms with Gasteiger partial charge in [-0.15, -0.1) is 0 Å². The maximum atomic E-state index is 12.5. The first kappa shape index (κ1) is 20.4. The molecule has 1 amide bonds. The van der Waals surface area contributed by atoms with Crippen LogP contribution < -0.4 is 14.4 Å². The van der Waals surface area contributed by atoms with Crippen molar-refractivity contribution < 1.29 is 19.2 Å². The number of amides is 1. The lowest BCUT2D eigenvalue weighted by Crippen LogP contribution is -2.50. The highest BCUT2D eigenvalue weighted by molar-refractivity contribution is 5.78. The summed E-state index contributed by atoms with van der Waals surface area (Å²) in [7, 11) is 1.43. The average Bonchev–Trinajstić information content (AvgIpc) is 2.74. The Labute approximate surface area is 169 Å². The fourth-order valence-electron chi connectivity index (χ4n) is 3.39. The fraction of sp³-hybridized carbons (Fsp3) is 0.381. The summed E-state index contributed by atoms with van der Waals surface area (Å²) in [5.41, 5.74) is 3.47. The van der Waals surface area contributed by atoms with Gasteiger partial charge in [0.25, 0.3) is 5.91 Å². The van der Waals surface area contributed by atoms with Crippen molar-refractivity contribution in [1.29, 1.82) is 0 Å². The number of hydrogen-bond acceptors (Lipinski definition) is 6. The van der Waals surface area contributed by atoms with Gasteiger partial charge in [-0.05, 0) is 43.2 Å². The Bertz CT molecular complexity index is 907. The van der Waals surface area contributed by atoms with Crippen LogP contribution in [0.1, 0.15) is 11.1 Å². The first-order valence-electron chi connectivity index (χ1n) is 9.45. The predicted molar refractivity (Wildman–Crippen MR) is 110 cm³/mol. The minimum absolute atomic E-state index is 0.0539. The highest BCUT2D eigenvalue weighted by Crippen LogP contribution is 2.31. The molecular weight excluding hydrogens is 374 g/mol. The number of aryl methyl sites for hydroxylation is 1. The largest absolute Gasteiger partial charge is 0.496 e. The van der Waals surface area contributed by atoms with Gasteiger partial charge in [0.05, 0.1) is 18.1 Å². The van der Waals surface area contributed by atoms with E-state index >= 15 is 0 Å². The van der Waals surface area contributed by atoms with Crippen molar-refractivity contribution in [3.05, 3.63) is 57.6 Å². The lowest BCUT2D eigenvalue weighted by molar-refractivity contribution is -0.385. The van der Waals surface area contributed by atoms with Crippen LogP contribution in [0.3, 0.4) is 0 Å². The summed E-state index contributed by atoms with van der Waals surface area (Å²) < 4.78 is 10.5. The first-order valence-corrected chi connectivity index (χ1v) is 9.45.